The van der Waals surface area contributed by atoms with Gasteiger partial charge in [0.25, 0.3) is 0 Å². The van der Waals surface area contributed by atoms with Crippen molar-refractivity contribution in [2.24, 2.45) is 0 Å². The zero-order valence-corrected chi connectivity index (χ0v) is 20.2. The first-order valence-electron chi connectivity index (χ1n) is 12.2. The number of rotatable bonds is 5. The molecule has 34 heavy (non-hydrogen) atoms. The Kier molecular flexibility index (Phi) is 6.54. The number of amides is 1. The molecule has 2 aliphatic rings. The SMILES string of the molecule is COc1ccc(N2CCN(C)CC2)c2c1CCN(C(=O)Cc1ccc(-c3ccccc3)cc1)C2. The van der Waals surface area contributed by atoms with Gasteiger partial charge in [-0.3, -0.25) is 4.79 Å². The molecule has 2 aliphatic heterocycles. The minimum Gasteiger partial charge on any atom is -0.496 e. The second kappa shape index (κ2) is 9.90. The first kappa shape index (κ1) is 22.5. The summed E-state index contributed by atoms with van der Waals surface area (Å²) in [6.07, 6.45) is 1.26. The highest BCUT2D eigenvalue weighted by Crippen LogP contribution is 2.36. The van der Waals surface area contributed by atoms with Crippen LogP contribution in [-0.2, 0) is 24.2 Å². The molecule has 0 unspecified atom stereocenters. The summed E-state index contributed by atoms with van der Waals surface area (Å²) >= 11 is 0. The molecule has 0 aliphatic carbocycles. The Balaban J connectivity index is 1.32. The number of nitrogens with zero attached hydrogens (tertiary/aromatic N) is 3. The highest BCUT2D eigenvalue weighted by atomic mass is 16.5. The van der Waals surface area contributed by atoms with Gasteiger partial charge in [-0.2, -0.15) is 0 Å². The fraction of sp³-hybridized carbons (Fsp3) is 0.345. The van der Waals surface area contributed by atoms with E-state index in [1.807, 2.05) is 23.1 Å². The van der Waals surface area contributed by atoms with Crippen LogP contribution in [0, 0.1) is 0 Å². The molecule has 0 radical (unpaired) electrons. The van der Waals surface area contributed by atoms with Crippen LogP contribution in [0.4, 0.5) is 5.69 Å². The molecule has 0 N–H and O–H groups in total. The fourth-order valence-electron chi connectivity index (χ4n) is 5.11. The Bertz CT molecular complexity index is 1140. The highest BCUT2D eigenvalue weighted by Gasteiger charge is 2.28. The molecule has 5 rings (SSSR count). The van der Waals surface area contributed by atoms with Crippen molar-refractivity contribution in [2.45, 2.75) is 19.4 Å². The maximum Gasteiger partial charge on any atom is 0.227 e. The molecular weight excluding hydrogens is 422 g/mol. The van der Waals surface area contributed by atoms with Crippen LogP contribution in [0.3, 0.4) is 0 Å². The summed E-state index contributed by atoms with van der Waals surface area (Å²) in [5.74, 6) is 1.13. The average Bonchev–Trinajstić information content (AvgIpc) is 2.89. The third-order valence-corrected chi connectivity index (χ3v) is 7.18. The van der Waals surface area contributed by atoms with E-state index < -0.39 is 0 Å². The van der Waals surface area contributed by atoms with Crippen LogP contribution in [0.25, 0.3) is 11.1 Å². The Morgan fingerprint density at radius 1 is 0.824 bits per heavy atom. The molecule has 5 nitrogen and oxygen atoms in total. The van der Waals surface area contributed by atoms with Gasteiger partial charge < -0.3 is 19.4 Å². The van der Waals surface area contributed by atoms with Crippen LogP contribution in [0.15, 0.2) is 66.7 Å². The van der Waals surface area contributed by atoms with E-state index >= 15 is 0 Å². The average molecular weight is 456 g/mol. The maximum absolute atomic E-state index is 13.3. The summed E-state index contributed by atoms with van der Waals surface area (Å²) in [4.78, 5) is 20.1. The Hall–Kier alpha value is -3.31. The van der Waals surface area contributed by atoms with Gasteiger partial charge in [-0.1, -0.05) is 54.6 Å². The Morgan fingerprint density at radius 2 is 1.53 bits per heavy atom. The van der Waals surface area contributed by atoms with E-state index in [0.29, 0.717) is 13.0 Å². The molecule has 0 saturated carbocycles. The summed E-state index contributed by atoms with van der Waals surface area (Å²) in [6, 6.07) is 23.0. The lowest BCUT2D eigenvalue weighted by molar-refractivity contribution is -0.131. The molecule has 176 valence electrons. The van der Waals surface area contributed by atoms with Crippen LogP contribution in [0.1, 0.15) is 16.7 Å². The number of benzene rings is 3. The number of hydrogen-bond donors (Lipinski definition) is 0. The predicted octanol–water partition coefficient (Wildman–Crippen LogP) is 4.24. The number of carbonyl (C=O) groups is 1. The van der Waals surface area contributed by atoms with Gasteiger partial charge in [0.2, 0.25) is 5.91 Å². The number of ether oxygens (including phenoxy) is 1. The standard InChI is InChI=1S/C29H33N3O2/c1-30-16-18-31(19-17-30)27-12-13-28(34-2)25-14-15-32(21-26(25)27)29(33)20-22-8-10-24(11-9-22)23-6-4-3-5-7-23/h3-13H,14-21H2,1-2H3. The van der Waals surface area contributed by atoms with Gasteiger partial charge >= 0.3 is 0 Å². The van der Waals surface area contributed by atoms with Gasteiger partial charge in [-0.25, -0.2) is 0 Å². The van der Waals surface area contributed by atoms with E-state index in [1.165, 1.54) is 27.9 Å². The van der Waals surface area contributed by atoms with Crippen molar-refractivity contribution in [3.63, 3.8) is 0 Å². The molecule has 1 fully saturated rings. The number of hydrogen-bond acceptors (Lipinski definition) is 4. The summed E-state index contributed by atoms with van der Waals surface area (Å²) < 4.78 is 5.68. The molecule has 1 saturated heterocycles. The van der Waals surface area contributed by atoms with Gasteiger partial charge in [0.05, 0.1) is 13.5 Å². The first-order valence-corrected chi connectivity index (χ1v) is 12.2. The Morgan fingerprint density at radius 3 is 2.24 bits per heavy atom. The lowest BCUT2D eigenvalue weighted by Gasteiger charge is -2.38. The molecule has 5 heteroatoms. The monoisotopic (exact) mass is 455 g/mol. The zero-order valence-electron chi connectivity index (χ0n) is 20.2. The van der Waals surface area contributed by atoms with Gasteiger partial charge in [-0.05, 0) is 42.3 Å². The number of methoxy groups -OCH3 is 1. The van der Waals surface area contributed by atoms with Crippen LogP contribution in [0.2, 0.25) is 0 Å². The molecule has 0 aromatic heterocycles. The van der Waals surface area contributed by atoms with Crippen molar-refractivity contribution in [2.75, 3.05) is 51.8 Å². The summed E-state index contributed by atoms with van der Waals surface area (Å²) in [7, 11) is 3.91. The fourth-order valence-corrected chi connectivity index (χ4v) is 5.11. The van der Waals surface area contributed by atoms with Gasteiger partial charge in [-0.15, -0.1) is 0 Å². The quantitative estimate of drug-likeness (QED) is 0.577. The number of anilines is 1. The third kappa shape index (κ3) is 4.66. The number of likely N-dealkylation sites (N-methyl/N-ethyl adjacent to an activating group) is 1. The Labute approximate surface area is 202 Å². The lowest BCUT2D eigenvalue weighted by Crippen LogP contribution is -2.45. The van der Waals surface area contributed by atoms with E-state index in [1.54, 1.807) is 7.11 Å². The van der Waals surface area contributed by atoms with E-state index in [-0.39, 0.29) is 5.91 Å². The molecule has 2 heterocycles. The maximum atomic E-state index is 13.3. The molecule has 0 spiro atoms. The van der Waals surface area contributed by atoms with Gasteiger partial charge in [0.15, 0.2) is 0 Å². The molecule has 0 atom stereocenters. The summed E-state index contributed by atoms with van der Waals surface area (Å²) in [5.41, 5.74) is 7.19. The van der Waals surface area contributed by atoms with Gasteiger partial charge in [0.1, 0.15) is 5.75 Å². The van der Waals surface area contributed by atoms with Crippen LogP contribution in [-0.4, -0.2) is 62.6 Å². The van der Waals surface area contributed by atoms with Crippen molar-refractivity contribution >= 4 is 11.6 Å². The minimum absolute atomic E-state index is 0.185. The largest absolute Gasteiger partial charge is 0.496 e. The zero-order chi connectivity index (χ0) is 23.5. The molecule has 3 aromatic rings. The number of fused-ring (bicyclic) bond motifs is 1. The van der Waals surface area contributed by atoms with Crippen LogP contribution >= 0.6 is 0 Å². The van der Waals surface area contributed by atoms with Crippen molar-refractivity contribution in [1.82, 2.24) is 9.80 Å². The lowest BCUT2D eigenvalue weighted by atomic mass is 9.95. The van der Waals surface area contributed by atoms with Crippen LogP contribution < -0.4 is 9.64 Å². The predicted molar refractivity (Wildman–Crippen MR) is 137 cm³/mol. The highest BCUT2D eigenvalue weighted by molar-refractivity contribution is 5.80. The summed E-state index contributed by atoms with van der Waals surface area (Å²) in [6.45, 7) is 5.52. The molecular formula is C29H33N3O2. The van der Waals surface area contributed by atoms with E-state index in [9.17, 15) is 4.79 Å². The molecule has 0 bridgehead atoms. The normalized spacial score (nSPS) is 16.3. The van der Waals surface area contributed by atoms with Crippen molar-refractivity contribution in [3.8, 4) is 16.9 Å². The second-order valence-electron chi connectivity index (χ2n) is 9.34. The number of piperazine rings is 1. The van der Waals surface area contributed by atoms with E-state index in [0.717, 1.165) is 50.5 Å². The smallest absolute Gasteiger partial charge is 0.227 e. The second-order valence-corrected chi connectivity index (χ2v) is 9.34. The third-order valence-electron chi connectivity index (χ3n) is 7.18. The first-order chi connectivity index (χ1) is 16.6. The van der Waals surface area contributed by atoms with Crippen molar-refractivity contribution in [1.29, 1.82) is 0 Å². The number of carbonyl (C=O) groups excluding carboxylic acids is 1. The summed E-state index contributed by atoms with van der Waals surface area (Å²) in [5, 5.41) is 0. The van der Waals surface area contributed by atoms with Crippen molar-refractivity contribution in [3.05, 3.63) is 83.4 Å². The molecule has 1 amide bonds. The van der Waals surface area contributed by atoms with E-state index in [2.05, 4.69) is 65.4 Å². The topological polar surface area (TPSA) is 36.0 Å². The van der Waals surface area contributed by atoms with E-state index in [4.69, 9.17) is 4.74 Å². The van der Waals surface area contributed by atoms with Crippen LogP contribution in [0.5, 0.6) is 5.75 Å². The molecule has 3 aromatic carbocycles. The van der Waals surface area contributed by atoms with Gasteiger partial charge in [0, 0.05) is 56.1 Å². The van der Waals surface area contributed by atoms with Crippen molar-refractivity contribution < 1.29 is 9.53 Å². The minimum atomic E-state index is 0.185.